The molecule has 0 saturated carbocycles. The van der Waals surface area contributed by atoms with Crippen LogP contribution in [0.5, 0.6) is 0 Å². The molecule has 0 aromatic rings. The van der Waals surface area contributed by atoms with Crippen LogP contribution in [0.3, 0.4) is 0 Å². The second-order valence-electron chi connectivity index (χ2n) is 1.79. The zero-order valence-electron chi connectivity index (χ0n) is 5.99. The van der Waals surface area contributed by atoms with Gasteiger partial charge in [0.1, 0.15) is 0 Å². The van der Waals surface area contributed by atoms with Crippen LogP contribution in [0.2, 0.25) is 5.32 Å². The van der Waals surface area contributed by atoms with Crippen molar-refractivity contribution in [3.05, 3.63) is 12.7 Å². The number of rotatable bonds is 6. The fourth-order valence-corrected chi connectivity index (χ4v) is 2.16. The predicted octanol–water partition coefficient (Wildman–Crippen LogP) is 0.182. The molecule has 11 heavy (non-hydrogen) atoms. The summed E-state index contributed by atoms with van der Waals surface area (Å²) in [5.74, 6) is -0.514. The summed E-state index contributed by atoms with van der Waals surface area (Å²) in [6.45, 7) is 3.54. The van der Waals surface area contributed by atoms with Gasteiger partial charge in [0.2, 0.25) is 0 Å². The first kappa shape index (κ1) is 11.0. The Bertz CT molecular complexity index is 143. The van der Waals surface area contributed by atoms with Crippen molar-refractivity contribution in [3.8, 4) is 0 Å². The van der Waals surface area contributed by atoms with Gasteiger partial charge in [0, 0.05) is 0 Å². The van der Waals surface area contributed by atoms with E-state index in [-0.39, 0.29) is 15.2 Å². The average Bonchev–Trinajstić information content (AvgIpc) is 1.97. The Balaban J connectivity index is 3.52. The van der Waals surface area contributed by atoms with Crippen LogP contribution in [-0.4, -0.2) is 38.0 Å². The zero-order chi connectivity index (χ0) is 8.69. The summed E-state index contributed by atoms with van der Waals surface area (Å²) in [5.41, 5.74) is 0. The molecule has 1 unspecified atom stereocenters. The standard InChI is InChI=1S/C6H11NO2SSe/c1-2-3-11-7-5(4-10)6(8)9/h2,5,7,10H,1,3-4H2,(H,8,9). The van der Waals surface area contributed by atoms with Gasteiger partial charge in [-0.3, -0.25) is 0 Å². The number of carbonyl (C=O) groups is 1. The summed E-state index contributed by atoms with van der Waals surface area (Å²) in [7, 11) is 0. The molecule has 0 saturated heterocycles. The van der Waals surface area contributed by atoms with E-state index in [0.717, 1.165) is 5.32 Å². The van der Waals surface area contributed by atoms with Crippen LogP contribution in [0.25, 0.3) is 0 Å². The van der Waals surface area contributed by atoms with Gasteiger partial charge in [-0.2, -0.15) is 0 Å². The molecular weight excluding hydrogens is 229 g/mol. The summed E-state index contributed by atoms with van der Waals surface area (Å²) in [6.07, 6.45) is 1.77. The fraction of sp³-hybridized carbons (Fsp3) is 0.500. The molecule has 5 heteroatoms. The van der Waals surface area contributed by atoms with Crippen LogP contribution < -0.4 is 4.33 Å². The number of aliphatic carboxylic acids is 1. The van der Waals surface area contributed by atoms with Gasteiger partial charge in [0.15, 0.2) is 0 Å². The molecule has 0 rings (SSSR count). The fourth-order valence-electron chi connectivity index (χ4n) is 0.373. The molecule has 0 bridgehead atoms. The van der Waals surface area contributed by atoms with E-state index in [1.807, 2.05) is 0 Å². The van der Waals surface area contributed by atoms with Crippen molar-refractivity contribution in [2.75, 3.05) is 5.75 Å². The topological polar surface area (TPSA) is 49.3 Å². The predicted molar refractivity (Wildman–Crippen MR) is 49.2 cm³/mol. The molecule has 0 aliphatic heterocycles. The van der Waals surface area contributed by atoms with Crippen molar-refractivity contribution in [2.24, 2.45) is 0 Å². The molecule has 3 nitrogen and oxygen atoms in total. The molecule has 64 valence electrons. The van der Waals surface area contributed by atoms with Crippen molar-refractivity contribution in [1.82, 2.24) is 4.33 Å². The minimum atomic E-state index is -0.842. The van der Waals surface area contributed by atoms with Gasteiger partial charge < -0.3 is 0 Å². The Morgan fingerprint density at radius 3 is 2.91 bits per heavy atom. The number of carboxylic acid groups (broad SMARTS) is 1. The third-order valence-corrected chi connectivity index (χ3v) is 3.06. The van der Waals surface area contributed by atoms with Gasteiger partial charge in [0.25, 0.3) is 0 Å². The maximum atomic E-state index is 10.4. The number of thiol groups is 1. The third-order valence-electron chi connectivity index (χ3n) is 0.907. The van der Waals surface area contributed by atoms with Crippen LogP contribution in [0.1, 0.15) is 0 Å². The summed E-state index contributed by atoms with van der Waals surface area (Å²) in [6, 6.07) is -0.515. The molecule has 0 aliphatic rings. The minimum absolute atomic E-state index is 0.132. The van der Waals surface area contributed by atoms with Crippen LogP contribution in [0.15, 0.2) is 12.7 Å². The van der Waals surface area contributed by atoms with E-state index in [4.69, 9.17) is 5.11 Å². The van der Waals surface area contributed by atoms with Gasteiger partial charge in [-0.15, -0.1) is 0 Å². The SMILES string of the molecule is C=CC[Se]NC(CS)C(=O)O. The van der Waals surface area contributed by atoms with E-state index in [1.54, 1.807) is 6.08 Å². The van der Waals surface area contributed by atoms with Crippen molar-refractivity contribution in [3.63, 3.8) is 0 Å². The summed E-state index contributed by atoms with van der Waals surface area (Å²) in [4.78, 5) is 10.4. The second-order valence-corrected chi connectivity index (χ2v) is 3.96. The van der Waals surface area contributed by atoms with Crippen LogP contribution in [0.4, 0.5) is 0 Å². The molecule has 0 amide bonds. The van der Waals surface area contributed by atoms with E-state index in [2.05, 4.69) is 23.5 Å². The third kappa shape index (κ3) is 5.32. The quantitative estimate of drug-likeness (QED) is 0.269. The van der Waals surface area contributed by atoms with Crippen molar-refractivity contribution >= 4 is 33.8 Å². The first-order valence-electron chi connectivity index (χ1n) is 3.04. The van der Waals surface area contributed by atoms with Gasteiger partial charge in [-0.05, 0) is 0 Å². The number of allylic oxidation sites excluding steroid dienone is 1. The molecule has 2 N–H and O–H groups in total. The molecule has 0 fully saturated rings. The molecule has 0 heterocycles. The molecule has 0 radical (unpaired) electrons. The van der Waals surface area contributed by atoms with E-state index >= 15 is 0 Å². The first-order valence-corrected chi connectivity index (χ1v) is 5.74. The number of hydrogen-bond acceptors (Lipinski definition) is 3. The summed E-state index contributed by atoms with van der Waals surface area (Å²) < 4.78 is 2.89. The maximum absolute atomic E-state index is 10.4. The molecule has 0 spiro atoms. The number of hydrogen-bond donors (Lipinski definition) is 3. The molecule has 1 atom stereocenters. The van der Waals surface area contributed by atoms with Crippen molar-refractivity contribution in [1.29, 1.82) is 0 Å². The van der Waals surface area contributed by atoms with Crippen LogP contribution in [0, 0.1) is 0 Å². The normalized spacial score (nSPS) is 12.5. The second kappa shape index (κ2) is 6.73. The Hall–Kier alpha value is 0.0395. The van der Waals surface area contributed by atoms with Crippen LogP contribution >= 0.6 is 12.6 Å². The molecular formula is C6H11NO2SSe. The van der Waals surface area contributed by atoms with E-state index in [0.29, 0.717) is 5.75 Å². The van der Waals surface area contributed by atoms with Gasteiger partial charge in [0.05, 0.1) is 0 Å². The molecule has 0 aromatic heterocycles. The van der Waals surface area contributed by atoms with E-state index in [1.165, 1.54) is 0 Å². The number of nitrogens with one attached hydrogen (secondary N) is 1. The van der Waals surface area contributed by atoms with Crippen molar-refractivity contribution < 1.29 is 9.90 Å². The summed E-state index contributed by atoms with van der Waals surface area (Å²) in [5, 5.41) is 9.38. The van der Waals surface area contributed by atoms with Gasteiger partial charge >= 0.3 is 77.8 Å². The Morgan fingerprint density at radius 2 is 2.55 bits per heavy atom. The Labute approximate surface area is 78.0 Å². The van der Waals surface area contributed by atoms with Crippen molar-refractivity contribution in [2.45, 2.75) is 11.4 Å². The van der Waals surface area contributed by atoms with Crippen LogP contribution in [-0.2, 0) is 4.79 Å². The summed E-state index contributed by atoms with van der Waals surface area (Å²) >= 11 is 4.03. The molecule has 0 aromatic carbocycles. The zero-order valence-corrected chi connectivity index (χ0v) is 8.59. The van der Waals surface area contributed by atoms with E-state index in [9.17, 15) is 4.79 Å². The molecule has 0 aliphatic carbocycles. The van der Waals surface area contributed by atoms with E-state index < -0.39 is 12.0 Å². The van der Waals surface area contributed by atoms with Gasteiger partial charge in [-0.25, -0.2) is 0 Å². The Morgan fingerprint density at radius 1 is 1.91 bits per heavy atom. The Kier molecular flexibility index (Phi) is 6.76. The monoisotopic (exact) mass is 241 g/mol. The van der Waals surface area contributed by atoms with Gasteiger partial charge in [-0.1, -0.05) is 0 Å². The number of carboxylic acids is 1. The first-order chi connectivity index (χ1) is 5.22. The average molecular weight is 240 g/mol.